The quantitative estimate of drug-likeness (QED) is 0.257. The molecule has 0 spiro atoms. The van der Waals surface area contributed by atoms with E-state index < -0.39 is 5.60 Å². The minimum absolute atomic E-state index is 0. The SMILES string of the molecule is COC1(C(C)(C)C)C2=NC(=C(C(C)(C)C)c3ccc([n-]3)C(C(C)(C)C)C3=NC(=C(C(C)(C)C)c4ccc1[n-]4)C=C3)C=C2.[Zn+2].c1c[nH]cn1. The molecule has 6 rings (SSSR count). The van der Waals surface area contributed by atoms with E-state index in [-0.39, 0.29) is 47.1 Å². The molecule has 0 aromatic carbocycles. The van der Waals surface area contributed by atoms with Crippen LogP contribution >= 0.6 is 0 Å². The summed E-state index contributed by atoms with van der Waals surface area (Å²) in [6.45, 7) is 26.8. The van der Waals surface area contributed by atoms with Crippen LogP contribution in [0.25, 0.3) is 11.1 Å². The first-order valence-corrected chi connectivity index (χ1v) is 16.6. The Morgan fingerprint density at radius 1 is 0.729 bits per heavy atom. The minimum atomic E-state index is -0.862. The zero-order valence-corrected chi connectivity index (χ0v) is 34.2. The molecule has 48 heavy (non-hydrogen) atoms. The largest absolute Gasteiger partial charge is 2.00 e. The van der Waals surface area contributed by atoms with Crippen LogP contribution < -0.4 is 9.97 Å². The van der Waals surface area contributed by atoms with Gasteiger partial charge in [-0.2, -0.15) is 0 Å². The molecule has 8 heteroatoms. The van der Waals surface area contributed by atoms with E-state index in [1.54, 1.807) is 25.8 Å². The van der Waals surface area contributed by atoms with Crippen LogP contribution in [-0.4, -0.2) is 28.5 Å². The summed E-state index contributed by atoms with van der Waals surface area (Å²) < 4.78 is 6.52. The molecule has 0 amide bonds. The average molecular weight is 698 g/mol. The Kier molecular flexibility index (Phi) is 10.3. The normalized spacial score (nSPS) is 21.1. The molecule has 0 radical (unpaired) electrons. The zero-order valence-electron chi connectivity index (χ0n) is 31.3. The van der Waals surface area contributed by atoms with Gasteiger partial charge in [0.15, 0.2) is 0 Å². The third-order valence-electron chi connectivity index (χ3n) is 9.07. The Balaban J connectivity index is 0.000000794. The van der Waals surface area contributed by atoms with Crippen molar-refractivity contribution >= 4 is 22.6 Å². The van der Waals surface area contributed by atoms with Crippen molar-refractivity contribution in [1.29, 1.82) is 0 Å². The number of allylic oxidation sites excluding steroid dienone is 5. The van der Waals surface area contributed by atoms with E-state index in [1.165, 1.54) is 0 Å². The third kappa shape index (κ3) is 6.89. The molecule has 3 aliphatic heterocycles. The molecular weight excluding hydrogens is 646 g/mol. The number of fused-ring (bicyclic) bond motifs is 6. The van der Waals surface area contributed by atoms with Crippen molar-refractivity contribution in [2.75, 3.05) is 7.11 Å². The van der Waals surface area contributed by atoms with Crippen LogP contribution in [0.4, 0.5) is 0 Å². The van der Waals surface area contributed by atoms with Crippen molar-refractivity contribution in [1.82, 2.24) is 19.9 Å². The Morgan fingerprint density at radius 2 is 1.31 bits per heavy atom. The Morgan fingerprint density at radius 3 is 1.81 bits per heavy atom. The van der Waals surface area contributed by atoms with Crippen LogP contribution in [0.2, 0.25) is 0 Å². The van der Waals surface area contributed by atoms with Gasteiger partial charge in [0.25, 0.3) is 0 Å². The first kappa shape index (κ1) is 37.5. The van der Waals surface area contributed by atoms with Gasteiger partial charge in [0.05, 0.1) is 23.4 Å². The average Bonchev–Trinajstić information content (AvgIpc) is 3.75. The van der Waals surface area contributed by atoms with Crippen LogP contribution in [-0.2, 0) is 29.8 Å². The second-order valence-corrected chi connectivity index (χ2v) is 16.9. The van der Waals surface area contributed by atoms with Crippen LogP contribution in [0.1, 0.15) is 112 Å². The van der Waals surface area contributed by atoms with Gasteiger partial charge in [0.1, 0.15) is 5.60 Å². The molecule has 8 bridgehead atoms. The molecule has 3 aromatic heterocycles. The number of nitrogens with one attached hydrogen (secondary N) is 1. The number of aromatic nitrogens is 4. The number of hydrogen-bond donors (Lipinski definition) is 1. The van der Waals surface area contributed by atoms with Crippen molar-refractivity contribution in [2.24, 2.45) is 31.6 Å². The Bertz CT molecular complexity index is 1780. The molecule has 2 unspecified atom stereocenters. The number of rotatable bonds is 1. The van der Waals surface area contributed by atoms with Crippen molar-refractivity contribution < 1.29 is 24.2 Å². The van der Waals surface area contributed by atoms with E-state index in [4.69, 9.17) is 24.7 Å². The molecule has 0 fully saturated rings. The predicted octanol–water partition coefficient (Wildman–Crippen LogP) is 9.28. The summed E-state index contributed by atoms with van der Waals surface area (Å²) in [4.78, 5) is 27.7. The molecule has 250 valence electrons. The van der Waals surface area contributed by atoms with E-state index in [0.29, 0.717) is 0 Å². The standard InChI is InChI=1S/C37H48N4O.C3H4N2.Zn/c1-33(2,3)30-22-14-16-24(38-22)31(34(4,5)6)26-18-20-28(40-26)37(42-13,36(10,11)12)29-21-19-27(41-29)32(35(7,8)9)25-17-15-23(30)39-25;1-2-5-3-4-1;/h14-21,30H,1-13H3;1-3H,(H,4,5);/q-2;;+2. The molecule has 0 saturated carbocycles. The van der Waals surface area contributed by atoms with Gasteiger partial charge in [-0.3, -0.25) is 4.99 Å². The van der Waals surface area contributed by atoms with E-state index in [0.717, 1.165) is 56.7 Å². The molecule has 3 aromatic rings. The van der Waals surface area contributed by atoms with Gasteiger partial charge < -0.3 is 19.7 Å². The Labute approximate surface area is 300 Å². The van der Waals surface area contributed by atoms with Crippen molar-refractivity contribution in [3.8, 4) is 0 Å². The number of methoxy groups -OCH3 is 1. The summed E-state index contributed by atoms with van der Waals surface area (Å²) >= 11 is 0. The van der Waals surface area contributed by atoms with E-state index >= 15 is 0 Å². The van der Waals surface area contributed by atoms with Crippen LogP contribution in [0.15, 0.2) is 88.7 Å². The summed E-state index contributed by atoms with van der Waals surface area (Å²) in [5.41, 5.74) is 8.13. The van der Waals surface area contributed by atoms with Gasteiger partial charge in [-0.25, -0.2) is 9.98 Å². The topological polar surface area (TPSA) is 90.8 Å². The number of aromatic amines is 1. The van der Waals surface area contributed by atoms with Crippen LogP contribution in [0, 0.1) is 21.7 Å². The zero-order chi connectivity index (χ0) is 34.6. The number of hydrogen-bond acceptors (Lipinski definition) is 4. The van der Waals surface area contributed by atoms with Gasteiger partial charge in [-0.05, 0) is 57.1 Å². The number of aliphatic imine (C=N–C) groups is 2. The summed E-state index contributed by atoms with van der Waals surface area (Å²) in [6, 6.07) is 8.59. The number of H-pyrrole nitrogens is 1. The van der Waals surface area contributed by atoms with Crippen LogP contribution in [0.5, 0.6) is 0 Å². The van der Waals surface area contributed by atoms with Gasteiger partial charge in [-0.15, -0.1) is 22.8 Å². The fourth-order valence-corrected chi connectivity index (χ4v) is 7.22. The third-order valence-corrected chi connectivity index (χ3v) is 9.07. The smallest absolute Gasteiger partial charge is 0.660 e. The van der Waals surface area contributed by atoms with E-state index in [1.807, 2.05) is 0 Å². The molecule has 1 N–H and O–H groups in total. The van der Waals surface area contributed by atoms with Gasteiger partial charge in [0, 0.05) is 31.1 Å². The van der Waals surface area contributed by atoms with Crippen molar-refractivity contribution in [3.05, 3.63) is 101 Å². The van der Waals surface area contributed by atoms with E-state index in [9.17, 15) is 0 Å². The fraction of sp³-hybridized carbons (Fsp3) is 0.475. The molecule has 0 saturated heterocycles. The molecule has 3 aliphatic rings. The number of ether oxygens (including phenoxy) is 1. The Hall–Kier alpha value is -3.35. The summed E-state index contributed by atoms with van der Waals surface area (Å²) in [5, 5.41) is 0. The second-order valence-electron chi connectivity index (χ2n) is 16.9. The second kappa shape index (κ2) is 13.2. The maximum Gasteiger partial charge on any atom is 2.00 e. The number of imidazole rings is 1. The molecule has 0 aliphatic carbocycles. The molecule has 7 nitrogen and oxygen atoms in total. The first-order valence-electron chi connectivity index (χ1n) is 16.6. The summed E-state index contributed by atoms with van der Waals surface area (Å²) in [6.07, 6.45) is 13.7. The first-order chi connectivity index (χ1) is 21.8. The minimum Gasteiger partial charge on any atom is -0.660 e. The van der Waals surface area contributed by atoms with E-state index in [2.05, 4.69) is 142 Å². The van der Waals surface area contributed by atoms with Crippen molar-refractivity contribution in [3.63, 3.8) is 0 Å². The fourth-order valence-electron chi connectivity index (χ4n) is 7.22. The van der Waals surface area contributed by atoms with Gasteiger partial charge in [-0.1, -0.05) is 107 Å². The monoisotopic (exact) mass is 696 g/mol. The molecule has 2 atom stereocenters. The predicted molar refractivity (Wildman–Crippen MR) is 194 cm³/mol. The summed E-state index contributed by atoms with van der Waals surface area (Å²) in [7, 11) is 1.78. The maximum atomic E-state index is 6.52. The maximum absolute atomic E-state index is 6.52. The van der Waals surface area contributed by atoms with Gasteiger partial charge in [0.2, 0.25) is 0 Å². The molecule has 6 heterocycles. The van der Waals surface area contributed by atoms with Gasteiger partial charge >= 0.3 is 19.5 Å². The van der Waals surface area contributed by atoms with Crippen molar-refractivity contribution in [2.45, 2.75) is 94.6 Å². The summed E-state index contributed by atoms with van der Waals surface area (Å²) in [5.74, 6) is 0.0312. The van der Waals surface area contributed by atoms with Crippen LogP contribution in [0.3, 0.4) is 0 Å². The molecular formula is C40H52N6OZn. The number of nitrogens with zero attached hydrogens (tertiary/aromatic N) is 5.